The lowest BCUT2D eigenvalue weighted by molar-refractivity contribution is -0.157. The average Bonchev–Trinajstić information content (AvgIpc) is 3.56. The monoisotopic (exact) mass is 508 g/mol. The number of hydrogen-bond donors (Lipinski definition) is 3. The van der Waals surface area contributed by atoms with Crippen molar-refractivity contribution in [3.63, 3.8) is 0 Å². The Morgan fingerprint density at radius 1 is 1.38 bits per heavy atom. The van der Waals surface area contributed by atoms with E-state index in [1.807, 2.05) is 13.8 Å². The van der Waals surface area contributed by atoms with E-state index in [-0.39, 0.29) is 35.9 Å². The van der Waals surface area contributed by atoms with Crippen molar-refractivity contribution in [3.05, 3.63) is 53.4 Å². The number of aliphatic carboxylic acids is 1. The number of halogens is 2. The molecule has 0 amide bonds. The molecule has 3 N–H and O–H groups in total. The van der Waals surface area contributed by atoms with Gasteiger partial charge in [0.2, 0.25) is 0 Å². The molecule has 1 saturated carbocycles. The molecule has 8 nitrogen and oxygen atoms in total. The number of aromatic nitrogens is 3. The normalized spacial score (nSPS) is 20.0. The molecule has 0 bridgehead atoms. The maximum atomic E-state index is 16.2. The molecule has 1 unspecified atom stereocenters. The van der Waals surface area contributed by atoms with Crippen molar-refractivity contribution in [3.8, 4) is 17.5 Å². The molecule has 0 spiro atoms. The number of nitriles is 1. The van der Waals surface area contributed by atoms with E-state index < -0.39 is 34.5 Å². The van der Waals surface area contributed by atoms with Crippen LogP contribution in [0.1, 0.15) is 56.7 Å². The van der Waals surface area contributed by atoms with Crippen molar-refractivity contribution in [1.82, 2.24) is 14.8 Å². The zero-order valence-corrected chi connectivity index (χ0v) is 20.6. The Morgan fingerprint density at radius 3 is 2.78 bits per heavy atom. The minimum atomic E-state index is -1.94. The molecule has 1 aliphatic carbocycles. The number of benzene rings is 2. The molecular formula is C27H26F2N4O4. The highest BCUT2D eigenvalue weighted by Crippen LogP contribution is 2.50. The van der Waals surface area contributed by atoms with E-state index in [0.717, 1.165) is 0 Å². The number of carbonyl (C=O) groups is 1. The molecule has 10 heteroatoms. The van der Waals surface area contributed by atoms with Crippen LogP contribution in [0.5, 0.6) is 5.75 Å². The SMILES string of the molecule is COc1cc(-n2c(C(C)(C)CC#N)c(C3CC[C@@](O)(C(=O)O)C3)c3c(F)c4[nH]ncc4cc32)ccc1F. The second-order valence-corrected chi connectivity index (χ2v) is 10.3. The maximum Gasteiger partial charge on any atom is 0.335 e. The van der Waals surface area contributed by atoms with Gasteiger partial charge in [-0.15, -0.1) is 0 Å². The van der Waals surface area contributed by atoms with E-state index in [0.29, 0.717) is 34.3 Å². The molecule has 4 aromatic rings. The number of H-pyrrole nitrogens is 1. The molecule has 1 aliphatic rings. The van der Waals surface area contributed by atoms with Crippen LogP contribution in [0.15, 0.2) is 30.5 Å². The number of nitrogens with one attached hydrogen (secondary N) is 1. The summed E-state index contributed by atoms with van der Waals surface area (Å²) in [6.45, 7) is 3.71. The zero-order chi connectivity index (χ0) is 26.7. The summed E-state index contributed by atoms with van der Waals surface area (Å²) in [7, 11) is 1.35. The summed E-state index contributed by atoms with van der Waals surface area (Å²) >= 11 is 0. The predicted octanol–water partition coefficient (Wildman–Crippen LogP) is 5.07. The number of carboxylic acid groups (broad SMARTS) is 1. The van der Waals surface area contributed by atoms with Crippen LogP contribution < -0.4 is 4.74 Å². The first-order valence-corrected chi connectivity index (χ1v) is 11.9. The topological polar surface area (TPSA) is 124 Å². The second kappa shape index (κ2) is 8.56. The summed E-state index contributed by atoms with van der Waals surface area (Å²) in [4.78, 5) is 11.8. The summed E-state index contributed by atoms with van der Waals surface area (Å²) in [6.07, 6.45) is 1.79. The van der Waals surface area contributed by atoms with Gasteiger partial charge in [0.1, 0.15) is 5.52 Å². The first-order valence-electron chi connectivity index (χ1n) is 11.9. The smallest absolute Gasteiger partial charge is 0.335 e. The van der Waals surface area contributed by atoms with Gasteiger partial charge in [-0.2, -0.15) is 10.4 Å². The van der Waals surface area contributed by atoms with Crippen LogP contribution in [0.3, 0.4) is 0 Å². The summed E-state index contributed by atoms with van der Waals surface area (Å²) in [5.74, 6) is -2.96. The van der Waals surface area contributed by atoms with Gasteiger partial charge in [0.05, 0.1) is 24.9 Å². The highest BCUT2D eigenvalue weighted by atomic mass is 19.1. The molecular weight excluding hydrogens is 482 g/mol. The van der Waals surface area contributed by atoms with E-state index in [2.05, 4.69) is 16.3 Å². The van der Waals surface area contributed by atoms with Crippen LogP contribution in [0.25, 0.3) is 27.5 Å². The van der Waals surface area contributed by atoms with Gasteiger partial charge in [-0.1, -0.05) is 13.8 Å². The summed E-state index contributed by atoms with van der Waals surface area (Å²) < 4.78 is 37.6. The number of aliphatic hydroxyl groups is 1. The highest BCUT2D eigenvalue weighted by molar-refractivity contribution is 6.00. The van der Waals surface area contributed by atoms with Gasteiger partial charge in [0.25, 0.3) is 0 Å². The lowest BCUT2D eigenvalue weighted by Crippen LogP contribution is -2.35. The lowest BCUT2D eigenvalue weighted by atomic mass is 9.79. The Balaban J connectivity index is 1.94. The molecule has 5 rings (SSSR count). The largest absolute Gasteiger partial charge is 0.494 e. The Labute approximate surface area is 211 Å². The third kappa shape index (κ3) is 3.73. The first kappa shape index (κ1) is 24.7. The molecule has 192 valence electrons. The number of rotatable bonds is 6. The number of carboxylic acids is 1. The van der Waals surface area contributed by atoms with Crippen molar-refractivity contribution >= 4 is 27.8 Å². The number of methoxy groups -OCH3 is 1. The standard InChI is InChI=1S/C27H26F2N4O4/c1-26(2,8-9-30)24-20(14-6-7-27(36,12-14)25(34)35)21-18(10-15-13-31-32-23(15)22(21)29)33(24)16-4-5-17(28)19(11-16)37-3/h4-5,10-11,13-14,36H,6-8,12H2,1-3H3,(H,31,32)(H,34,35)/t14?,27-/m0/s1. The van der Waals surface area contributed by atoms with Crippen LogP contribution in [0.4, 0.5) is 8.78 Å². The molecule has 0 radical (unpaired) electrons. The number of aromatic amines is 1. The van der Waals surface area contributed by atoms with Crippen LogP contribution in [0, 0.1) is 23.0 Å². The molecule has 0 saturated heterocycles. The van der Waals surface area contributed by atoms with E-state index in [1.54, 1.807) is 16.7 Å². The Kier molecular flexibility index (Phi) is 5.72. The number of hydrogen-bond acceptors (Lipinski definition) is 5. The van der Waals surface area contributed by atoms with E-state index >= 15 is 4.39 Å². The minimum absolute atomic E-state index is 0.00378. The summed E-state index contributed by atoms with van der Waals surface area (Å²) in [5, 5.41) is 37.5. The maximum absolute atomic E-state index is 16.2. The Hall–Kier alpha value is -3.97. The Morgan fingerprint density at radius 2 is 2.14 bits per heavy atom. The molecule has 2 aromatic heterocycles. The van der Waals surface area contributed by atoms with Gasteiger partial charge in [-0.05, 0) is 48.9 Å². The van der Waals surface area contributed by atoms with E-state index in [1.165, 1.54) is 25.4 Å². The van der Waals surface area contributed by atoms with Crippen molar-refractivity contribution in [2.45, 2.75) is 56.5 Å². The van der Waals surface area contributed by atoms with E-state index in [4.69, 9.17) is 4.74 Å². The number of ether oxygens (including phenoxy) is 1. The second-order valence-electron chi connectivity index (χ2n) is 10.3. The highest BCUT2D eigenvalue weighted by Gasteiger charge is 2.47. The van der Waals surface area contributed by atoms with Gasteiger partial charge in [-0.3, -0.25) is 5.10 Å². The van der Waals surface area contributed by atoms with Crippen molar-refractivity contribution in [2.24, 2.45) is 0 Å². The van der Waals surface area contributed by atoms with Gasteiger partial charge < -0.3 is 19.5 Å². The molecule has 37 heavy (non-hydrogen) atoms. The van der Waals surface area contributed by atoms with Gasteiger partial charge in [-0.25, -0.2) is 13.6 Å². The van der Waals surface area contributed by atoms with Crippen LogP contribution in [0.2, 0.25) is 0 Å². The fourth-order valence-electron chi connectivity index (χ4n) is 5.70. The van der Waals surface area contributed by atoms with Crippen molar-refractivity contribution in [1.29, 1.82) is 5.26 Å². The first-order chi connectivity index (χ1) is 17.5. The molecule has 2 heterocycles. The van der Waals surface area contributed by atoms with Crippen molar-refractivity contribution < 1.29 is 28.5 Å². The van der Waals surface area contributed by atoms with Crippen LogP contribution in [-0.4, -0.2) is 43.7 Å². The molecule has 1 fully saturated rings. The average molecular weight is 509 g/mol. The van der Waals surface area contributed by atoms with Crippen LogP contribution in [-0.2, 0) is 10.2 Å². The fourth-order valence-corrected chi connectivity index (χ4v) is 5.70. The third-order valence-electron chi connectivity index (χ3n) is 7.50. The van der Waals surface area contributed by atoms with E-state index in [9.17, 15) is 24.7 Å². The van der Waals surface area contributed by atoms with Crippen molar-refractivity contribution in [2.75, 3.05) is 7.11 Å². The van der Waals surface area contributed by atoms with Gasteiger partial charge in [0.15, 0.2) is 23.0 Å². The fraction of sp³-hybridized carbons (Fsp3) is 0.370. The number of fused-ring (bicyclic) bond motifs is 2. The van der Waals surface area contributed by atoms with Gasteiger partial charge in [0, 0.05) is 40.1 Å². The third-order valence-corrected chi connectivity index (χ3v) is 7.50. The predicted molar refractivity (Wildman–Crippen MR) is 132 cm³/mol. The lowest BCUT2D eigenvalue weighted by Gasteiger charge is -2.28. The number of nitrogens with zero attached hydrogens (tertiary/aromatic N) is 3. The molecule has 0 aliphatic heterocycles. The van der Waals surface area contributed by atoms with Crippen LogP contribution >= 0.6 is 0 Å². The molecule has 2 aromatic carbocycles. The minimum Gasteiger partial charge on any atom is -0.494 e. The quantitative estimate of drug-likeness (QED) is 0.334. The van der Waals surface area contributed by atoms with Gasteiger partial charge >= 0.3 is 5.97 Å². The molecule has 2 atom stereocenters. The summed E-state index contributed by atoms with van der Waals surface area (Å²) in [5.41, 5.74) is -0.498. The Bertz CT molecular complexity index is 1600. The summed E-state index contributed by atoms with van der Waals surface area (Å²) in [6, 6.07) is 8.28. The zero-order valence-electron chi connectivity index (χ0n) is 20.6.